The molecule has 3 aromatic rings. The maximum atomic E-state index is 16.2. The number of terminal acetylenes is 1. The van der Waals surface area contributed by atoms with Crippen molar-refractivity contribution >= 4 is 30.7 Å². The number of hydrogen-bond donors (Lipinski definition) is 3. The second-order valence-electron chi connectivity index (χ2n) is 9.61. The summed E-state index contributed by atoms with van der Waals surface area (Å²) in [5.74, 6) is 2.24. The third kappa shape index (κ3) is 6.34. The number of aryl methyl sites for hydroxylation is 1. The van der Waals surface area contributed by atoms with Gasteiger partial charge in [0.05, 0.1) is 19.0 Å². The Morgan fingerprint density at radius 1 is 1.32 bits per heavy atom. The highest BCUT2D eigenvalue weighted by Gasteiger charge is 2.58. The minimum Gasteiger partial charge on any atom is -0.462 e. The van der Waals surface area contributed by atoms with Crippen LogP contribution < -0.4 is 14.9 Å². The number of fused-ring (bicyclic) bond motifs is 1. The summed E-state index contributed by atoms with van der Waals surface area (Å²) in [4.78, 5) is 25.3. The lowest BCUT2D eigenvalue weighted by Crippen LogP contribution is -2.42. The molecule has 1 aliphatic heterocycles. The van der Waals surface area contributed by atoms with Gasteiger partial charge >= 0.3 is 13.7 Å². The van der Waals surface area contributed by atoms with Gasteiger partial charge in [-0.2, -0.15) is 5.09 Å². The van der Waals surface area contributed by atoms with Crippen molar-refractivity contribution in [1.82, 2.24) is 24.6 Å². The van der Waals surface area contributed by atoms with E-state index < -0.39 is 56.6 Å². The van der Waals surface area contributed by atoms with Gasteiger partial charge in [0.1, 0.15) is 29.8 Å². The number of para-hydroxylation sites is 1. The average molecular weight is 591 g/mol. The molecule has 0 bridgehead atoms. The standard InChI is InChI=1S/C26H32FN6O7P/c1-7-26(27)21(34)19(39-25(26)33-14-29-20-22(28-6)30-17(5)31-23(20)33)13-37-41(36,40-18-11-9-8-10-12-18)32-16(4)24(35)38-15(2)3/h1,8-12,14-16,19,21,25,34H,13H2,2-6H3,(H,32,36)(H,28,30,31)/t16-,19-,21-,25-,26-,41-/m1/s1. The number of carbonyl (C=O) groups is 1. The number of rotatable bonds is 11. The minimum absolute atomic E-state index is 0.169. The molecule has 3 N–H and O–H groups in total. The Balaban J connectivity index is 1.60. The van der Waals surface area contributed by atoms with Gasteiger partial charge in [-0.25, -0.2) is 23.9 Å². The zero-order valence-electron chi connectivity index (χ0n) is 23.1. The van der Waals surface area contributed by atoms with Crippen LogP contribution >= 0.6 is 7.75 Å². The molecule has 0 amide bonds. The van der Waals surface area contributed by atoms with Gasteiger partial charge in [-0.1, -0.05) is 24.1 Å². The van der Waals surface area contributed by atoms with Crippen molar-refractivity contribution in [2.24, 2.45) is 0 Å². The Bertz CT molecular complexity index is 1480. The van der Waals surface area contributed by atoms with E-state index in [0.717, 1.165) is 0 Å². The topological polar surface area (TPSA) is 159 Å². The summed E-state index contributed by atoms with van der Waals surface area (Å²) in [6.07, 6.45) is 1.52. The molecular formula is C26H32FN6O7P. The Labute approximate surface area is 236 Å². The van der Waals surface area contributed by atoms with Crippen molar-refractivity contribution in [3.05, 3.63) is 42.5 Å². The van der Waals surface area contributed by atoms with Crippen LogP contribution in [0.2, 0.25) is 0 Å². The van der Waals surface area contributed by atoms with Crippen LogP contribution in [0.4, 0.5) is 10.2 Å². The molecule has 41 heavy (non-hydrogen) atoms. The number of halogens is 1. The summed E-state index contributed by atoms with van der Waals surface area (Å²) in [5, 5.41) is 16.4. The highest BCUT2D eigenvalue weighted by Crippen LogP contribution is 2.48. The van der Waals surface area contributed by atoms with Crippen molar-refractivity contribution in [2.45, 2.75) is 63.9 Å². The highest BCUT2D eigenvalue weighted by atomic mass is 31.2. The molecule has 0 saturated carbocycles. The van der Waals surface area contributed by atoms with Crippen LogP contribution in [0.25, 0.3) is 11.2 Å². The number of esters is 1. The van der Waals surface area contributed by atoms with Crippen LogP contribution in [0.3, 0.4) is 0 Å². The number of imidazole rings is 1. The molecule has 2 aromatic heterocycles. The first-order valence-corrected chi connectivity index (χ1v) is 14.3. The van der Waals surface area contributed by atoms with Crippen molar-refractivity contribution in [1.29, 1.82) is 0 Å². The number of aliphatic hydroxyl groups excluding tert-OH is 1. The van der Waals surface area contributed by atoms with E-state index in [0.29, 0.717) is 17.2 Å². The third-order valence-corrected chi connectivity index (χ3v) is 7.77. The molecule has 6 atom stereocenters. The van der Waals surface area contributed by atoms with Crippen LogP contribution in [0.1, 0.15) is 32.8 Å². The van der Waals surface area contributed by atoms with Gasteiger partial charge < -0.3 is 24.4 Å². The zero-order valence-corrected chi connectivity index (χ0v) is 24.0. The number of carbonyl (C=O) groups excluding carboxylic acids is 1. The first kappa shape index (κ1) is 30.4. The fourth-order valence-corrected chi connectivity index (χ4v) is 5.69. The molecule has 0 radical (unpaired) electrons. The number of nitrogens with zero attached hydrogens (tertiary/aromatic N) is 4. The van der Waals surface area contributed by atoms with E-state index in [2.05, 4.69) is 25.4 Å². The predicted molar refractivity (Wildman–Crippen MR) is 147 cm³/mol. The van der Waals surface area contributed by atoms with E-state index in [9.17, 15) is 14.5 Å². The van der Waals surface area contributed by atoms with Crippen molar-refractivity contribution < 1.29 is 37.4 Å². The van der Waals surface area contributed by atoms with E-state index in [1.165, 1.54) is 30.0 Å². The maximum Gasteiger partial charge on any atom is 0.459 e. The summed E-state index contributed by atoms with van der Waals surface area (Å²) in [7, 11) is -2.67. The SMILES string of the molecule is C#C[C@@]1(F)[C@H](O)[C@@H](CO[P@](=O)(N[C@H](C)C(=O)OC(C)C)Oc2ccccc2)O[C@H]1n1cnc2c(NC)nc(C)nc21. The fourth-order valence-electron chi connectivity index (χ4n) is 4.19. The van der Waals surface area contributed by atoms with E-state index in [1.54, 1.807) is 46.0 Å². The van der Waals surface area contributed by atoms with Crippen LogP contribution in [-0.2, 0) is 23.4 Å². The number of nitrogens with one attached hydrogen (secondary N) is 2. The normalized spacial score (nSPS) is 24.5. The smallest absolute Gasteiger partial charge is 0.459 e. The van der Waals surface area contributed by atoms with Gasteiger partial charge in [0, 0.05) is 7.05 Å². The summed E-state index contributed by atoms with van der Waals surface area (Å²) in [6, 6.07) is 6.98. The van der Waals surface area contributed by atoms with E-state index in [-0.39, 0.29) is 11.4 Å². The quantitative estimate of drug-likeness (QED) is 0.171. The molecule has 0 aliphatic carbocycles. The highest BCUT2D eigenvalue weighted by molar-refractivity contribution is 7.52. The summed E-state index contributed by atoms with van der Waals surface area (Å²) in [5.41, 5.74) is -2.19. The molecule has 1 aliphatic rings. The Hall–Kier alpha value is -3.60. The number of alkyl halides is 1. The molecule has 15 heteroatoms. The molecular weight excluding hydrogens is 558 g/mol. The number of hydrogen-bond acceptors (Lipinski definition) is 11. The molecule has 3 heterocycles. The summed E-state index contributed by atoms with van der Waals surface area (Å²) in [6.45, 7) is 5.78. The second kappa shape index (κ2) is 12.1. The zero-order chi connectivity index (χ0) is 29.9. The minimum atomic E-state index is -4.32. The lowest BCUT2D eigenvalue weighted by atomic mass is 9.97. The second-order valence-corrected chi connectivity index (χ2v) is 11.3. The first-order valence-electron chi connectivity index (χ1n) is 12.8. The largest absolute Gasteiger partial charge is 0.462 e. The van der Waals surface area contributed by atoms with E-state index >= 15 is 4.39 Å². The molecule has 1 aromatic carbocycles. The molecule has 1 fully saturated rings. The van der Waals surface area contributed by atoms with Crippen LogP contribution in [0, 0.1) is 19.3 Å². The average Bonchev–Trinajstić information content (AvgIpc) is 3.45. The number of anilines is 1. The van der Waals surface area contributed by atoms with Gasteiger partial charge in [-0.15, -0.1) is 6.42 Å². The van der Waals surface area contributed by atoms with E-state index in [1.807, 2.05) is 5.92 Å². The number of ether oxygens (including phenoxy) is 2. The van der Waals surface area contributed by atoms with Crippen molar-refractivity contribution in [3.63, 3.8) is 0 Å². The molecule has 1 saturated heterocycles. The third-order valence-electron chi connectivity index (χ3n) is 6.12. The maximum absolute atomic E-state index is 16.2. The fraction of sp³-hybridized carbons (Fsp3) is 0.462. The van der Waals surface area contributed by atoms with Crippen molar-refractivity contribution in [2.75, 3.05) is 19.0 Å². The molecule has 0 unspecified atom stereocenters. The first-order chi connectivity index (χ1) is 19.4. The Kier molecular flexibility index (Phi) is 8.96. The lowest BCUT2D eigenvalue weighted by molar-refractivity contribution is -0.149. The monoisotopic (exact) mass is 590 g/mol. The molecule has 0 spiro atoms. The predicted octanol–water partition coefficient (Wildman–Crippen LogP) is 2.91. The Morgan fingerprint density at radius 2 is 2.02 bits per heavy atom. The number of aliphatic hydroxyl groups is 1. The number of aromatic nitrogens is 4. The van der Waals surface area contributed by atoms with Crippen LogP contribution in [-0.4, -0.2) is 74.3 Å². The van der Waals surface area contributed by atoms with Crippen molar-refractivity contribution in [3.8, 4) is 18.1 Å². The van der Waals surface area contributed by atoms with Gasteiger partial charge in [0.15, 0.2) is 23.2 Å². The lowest BCUT2D eigenvalue weighted by Gasteiger charge is -2.25. The molecule has 4 rings (SSSR count). The van der Waals surface area contributed by atoms with Crippen LogP contribution in [0.5, 0.6) is 5.75 Å². The molecule has 13 nitrogen and oxygen atoms in total. The van der Waals surface area contributed by atoms with Gasteiger partial charge in [-0.05, 0) is 39.8 Å². The number of benzene rings is 1. The summed E-state index contributed by atoms with van der Waals surface area (Å²) < 4.78 is 53.4. The van der Waals surface area contributed by atoms with Crippen LogP contribution in [0.15, 0.2) is 36.7 Å². The summed E-state index contributed by atoms with van der Waals surface area (Å²) >= 11 is 0. The van der Waals surface area contributed by atoms with Gasteiger partial charge in [0.2, 0.25) is 5.67 Å². The van der Waals surface area contributed by atoms with Gasteiger partial charge in [-0.3, -0.25) is 13.9 Å². The molecule has 220 valence electrons. The van der Waals surface area contributed by atoms with Gasteiger partial charge in [0.25, 0.3) is 0 Å². The van der Waals surface area contributed by atoms with E-state index in [4.69, 9.17) is 24.9 Å². The Morgan fingerprint density at radius 3 is 2.66 bits per heavy atom.